The lowest BCUT2D eigenvalue weighted by molar-refractivity contribution is -0.170. The fraction of sp³-hybridized carbons (Fsp3) is 0.200. The number of pyridine rings is 1. The van der Waals surface area contributed by atoms with Crippen LogP contribution >= 0.6 is 0 Å². The monoisotopic (exact) mass is 435 g/mol. The molecule has 0 saturated carbocycles. The first-order valence-corrected chi connectivity index (χ1v) is 8.67. The maximum absolute atomic E-state index is 10.3. The number of aliphatic hydroxyl groups is 1. The lowest BCUT2D eigenvalue weighted by Gasteiger charge is -2.18. The van der Waals surface area contributed by atoms with Crippen LogP contribution in [0, 0.1) is 0 Å². The molecule has 14 heteroatoms. The van der Waals surface area contributed by atoms with Gasteiger partial charge in [-0.25, -0.2) is 4.79 Å². The van der Waals surface area contributed by atoms with Crippen LogP contribution in [-0.4, -0.2) is 71.5 Å². The van der Waals surface area contributed by atoms with E-state index in [9.17, 15) is 19.5 Å². The minimum absolute atomic E-state index is 0.239. The van der Waals surface area contributed by atoms with Gasteiger partial charge in [0.05, 0.1) is 12.8 Å². The molecule has 0 radical (unpaired) electrons. The van der Waals surface area contributed by atoms with Crippen molar-refractivity contribution in [2.75, 3.05) is 0 Å². The summed E-state index contributed by atoms with van der Waals surface area (Å²) in [6.07, 6.45) is -0.620. The molecule has 0 unspecified atom stereocenters. The first-order chi connectivity index (χ1) is 13.2. The van der Waals surface area contributed by atoms with Gasteiger partial charge in [-0.05, 0) is 12.1 Å². The van der Waals surface area contributed by atoms with Crippen molar-refractivity contribution in [2.24, 2.45) is 0 Å². The topological polar surface area (TPSA) is 240 Å². The van der Waals surface area contributed by atoms with Gasteiger partial charge in [0.1, 0.15) is 11.3 Å². The van der Waals surface area contributed by atoms with E-state index >= 15 is 0 Å². The van der Waals surface area contributed by atoms with Crippen molar-refractivity contribution in [2.45, 2.75) is 18.4 Å². The number of phenolic OH excluding ortho intramolecular Hbond substituents is 1. The Morgan fingerprint density at radius 2 is 1.38 bits per heavy atom. The van der Waals surface area contributed by atoms with Gasteiger partial charge in [-0.2, -0.15) is 8.42 Å². The molecular formula is C15H17NO12S. The third-order valence-electron chi connectivity index (χ3n) is 2.90. The molecule has 0 saturated heterocycles. The van der Waals surface area contributed by atoms with Crippen molar-refractivity contribution in [3.8, 4) is 5.75 Å². The highest BCUT2D eigenvalue weighted by Gasteiger charge is 2.40. The number of aromatic hydroxyl groups is 1. The van der Waals surface area contributed by atoms with Crippen molar-refractivity contribution in [1.29, 1.82) is 0 Å². The Labute approximate surface area is 163 Å². The maximum Gasteiger partial charge on any atom is 0.394 e. The predicted octanol–water partition coefficient (Wildman–Crippen LogP) is 0.0391. The fourth-order valence-electron chi connectivity index (χ4n) is 1.80. The van der Waals surface area contributed by atoms with Crippen molar-refractivity contribution in [1.82, 2.24) is 4.98 Å². The van der Waals surface area contributed by atoms with Gasteiger partial charge < -0.3 is 25.5 Å². The summed E-state index contributed by atoms with van der Waals surface area (Å²) in [4.78, 5) is 34.5. The third kappa shape index (κ3) is 11.2. The average molecular weight is 435 g/mol. The molecule has 1 heterocycles. The highest BCUT2D eigenvalue weighted by Crippen LogP contribution is 2.20. The SMILES string of the molecule is O=C(O)CC(O)(CC(=O)O)C(=O)O.O=S(=O)(O)O.Oc1cccc2cccnc12. The van der Waals surface area contributed by atoms with E-state index in [1.165, 1.54) is 0 Å². The molecule has 7 N–H and O–H groups in total. The van der Waals surface area contributed by atoms with Crippen molar-refractivity contribution < 1.29 is 57.4 Å². The Balaban J connectivity index is 0.000000443. The highest BCUT2D eigenvalue weighted by atomic mass is 32.3. The van der Waals surface area contributed by atoms with Crippen LogP contribution in [0.4, 0.5) is 0 Å². The van der Waals surface area contributed by atoms with E-state index in [4.69, 9.17) is 37.9 Å². The Morgan fingerprint density at radius 1 is 0.931 bits per heavy atom. The summed E-state index contributed by atoms with van der Waals surface area (Å²) in [6, 6.07) is 9.13. The minimum atomic E-state index is -4.67. The molecule has 0 spiro atoms. The van der Waals surface area contributed by atoms with E-state index in [0.717, 1.165) is 5.39 Å². The lowest BCUT2D eigenvalue weighted by Crippen LogP contribution is -2.42. The molecule has 160 valence electrons. The van der Waals surface area contributed by atoms with E-state index in [-0.39, 0.29) is 5.75 Å². The van der Waals surface area contributed by atoms with E-state index in [1.54, 1.807) is 18.3 Å². The number of para-hydroxylation sites is 1. The molecule has 2 rings (SSSR count). The number of carboxylic acids is 3. The number of fused-ring (bicyclic) bond motifs is 1. The number of nitrogens with zero attached hydrogens (tertiary/aromatic N) is 1. The highest BCUT2D eigenvalue weighted by molar-refractivity contribution is 7.79. The summed E-state index contributed by atoms with van der Waals surface area (Å²) in [5.41, 5.74) is -2.08. The Kier molecular flexibility index (Phi) is 9.62. The summed E-state index contributed by atoms with van der Waals surface area (Å²) in [7, 11) is -4.67. The second kappa shape index (κ2) is 10.9. The standard InChI is InChI=1S/C9H7NO.C6H8O7.H2O4S/c11-8-5-1-3-7-4-2-6-10-9(7)8;7-3(8)1-6(13,5(11)12)2-4(9)10;1-5(2,3)4/h1-6,11H;13H,1-2H2,(H,7,8)(H,9,10)(H,11,12);(H2,1,2,3,4). The number of hydrogen-bond donors (Lipinski definition) is 7. The molecular weight excluding hydrogens is 418 g/mol. The summed E-state index contributed by atoms with van der Waals surface area (Å²) >= 11 is 0. The van der Waals surface area contributed by atoms with Gasteiger partial charge in [0.25, 0.3) is 0 Å². The number of phenols is 1. The van der Waals surface area contributed by atoms with E-state index in [1.807, 2.05) is 18.2 Å². The largest absolute Gasteiger partial charge is 0.506 e. The van der Waals surface area contributed by atoms with Crippen LogP contribution in [0.5, 0.6) is 5.75 Å². The fourth-order valence-corrected chi connectivity index (χ4v) is 1.80. The average Bonchev–Trinajstić information content (AvgIpc) is 2.53. The predicted molar refractivity (Wildman–Crippen MR) is 94.7 cm³/mol. The number of aliphatic carboxylic acids is 3. The zero-order valence-corrected chi connectivity index (χ0v) is 15.2. The molecule has 0 aliphatic rings. The molecule has 0 bridgehead atoms. The lowest BCUT2D eigenvalue weighted by atomic mass is 9.96. The number of benzene rings is 1. The van der Waals surface area contributed by atoms with Crippen LogP contribution in [-0.2, 0) is 24.8 Å². The number of carboxylic acid groups (broad SMARTS) is 3. The van der Waals surface area contributed by atoms with Crippen LogP contribution < -0.4 is 0 Å². The minimum Gasteiger partial charge on any atom is -0.506 e. The molecule has 0 atom stereocenters. The van der Waals surface area contributed by atoms with Crippen molar-refractivity contribution in [3.05, 3.63) is 36.5 Å². The number of carbonyl (C=O) groups is 3. The van der Waals surface area contributed by atoms with Gasteiger partial charge in [-0.1, -0.05) is 18.2 Å². The molecule has 0 fully saturated rings. The summed E-state index contributed by atoms with van der Waals surface area (Å²) < 4.78 is 31.6. The Bertz CT molecular complexity index is 943. The normalized spacial score (nSPS) is 10.7. The molecule has 0 aliphatic heterocycles. The summed E-state index contributed by atoms with van der Waals surface area (Å²) in [6.45, 7) is 0. The molecule has 0 aliphatic carbocycles. The molecule has 29 heavy (non-hydrogen) atoms. The molecule has 1 aromatic heterocycles. The smallest absolute Gasteiger partial charge is 0.394 e. The quantitative estimate of drug-likeness (QED) is 0.307. The second-order valence-corrected chi connectivity index (χ2v) is 6.17. The molecule has 13 nitrogen and oxygen atoms in total. The maximum atomic E-state index is 10.3. The Morgan fingerprint density at radius 3 is 1.76 bits per heavy atom. The molecule has 2 aromatic rings. The molecule has 1 aromatic carbocycles. The van der Waals surface area contributed by atoms with E-state index in [0.29, 0.717) is 5.52 Å². The van der Waals surface area contributed by atoms with Gasteiger partial charge >= 0.3 is 28.3 Å². The van der Waals surface area contributed by atoms with Gasteiger partial charge in [0.15, 0.2) is 5.60 Å². The number of hydrogen-bond acceptors (Lipinski definition) is 8. The van der Waals surface area contributed by atoms with E-state index < -0.39 is 46.7 Å². The third-order valence-corrected chi connectivity index (χ3v) is 2.90. The van der Waals surface area contributed by atoms with Crippen molar-refractivity contribution >= 4 is 39.2 Å². The van der Waals surface area contributed by atoms with Crippen LogP contribution in [0.2, 0.25) is 0 Å². The van der Waals surface area contributed by atoms with Crippen LogP contribution in [0.25, 0.3) is 10.9 Å². The number of aromatic nitrogens is 1. The Hall–Kier alpha value is -3.33. The second-order valence-electron chi connectivity index (χ2n) is 5.28. The van der Waals surface area contributed by atoms with Gasteiger partial charge in [0.2, 0.25) is 0 Å². The zero-order valence-electron chi connectivity index (χ0n) is 14.4. The van der Waals surface area contributed by atoms with Crippen LogP contribution in [0.1, 0.15) is 12.8 Å². The van der Waals surface area contributed by atoms with E-state index in [2.05, 4.69) is 4.98 Å². The first kappa shape index (κ1) is 25.7. The first-order valence-electron chi connectivity index (χ1n) is 7.27. The summed E-state index contributed by atoms with van der Waals surface area (Å²) in [5, 5.41) is 44.1. The van der Waals surface area contributed by atoms with Gasteiger partial charge in [0, 0.05) is 11.6 Å². The zero-order chi connectivity index (χ0) is 22.8. The van der Waals surface area contributed by atoms with Crippen molar-refractivity contribution in [3.63, 3.8) is 0 Å². The van der Waals surface area contributed by atoms with Gasteiger partial charge in [-0.15, -0.1) is 0 Å². The van der Waals surface area contributed by atoms with Crippen LogP contribution in [0.3, 0.4) is 0 Å². The van der Waals surface area contributed by atoms with Crippen LogP contribution in [0.15, 0.2) is 36.5 Å². The van der Waals surface area contributed by atoms with Gasteiger partial charge in [-0.3, -0.25) is 23.7 Å². The molecule has 0 amide bonds. The number of rotatable bonds is 5. The summed E-state index contributed by atoms with van der Waals surface area (Å²) in [5.74, 6) is -4.78.